The van der Waals surface area contributed by atoms with E-state index >= 15 is 0 Å². The van der Waals surface area contributed by atoms with Crippen molar-refractivity contribution in [3.8, 4) is 0 Å². The number of ether oxygens (including phenoxy) is 1. The van der Waals surface area contributed by atoms with E-state index in [1.807, 2.05) is 0 Å². The van der Waals surface area contributed by atoms with Crippen molar-refractivity contribution >= 4 is 17.3 Å². The first-order chi connectivity index (χ1) is 12.8. The highest BCUT2D eigenvalue weighted by Gasteiger charge is 2.70. The number of methoxy groups -OCH3 is 1. The molecule has 0 amide bonds. The Morgan fingerprint density at radius 2 is 1.93 bits per heavy atom. The number of carbonyl (C=O) groups is 1. The van der Waals surface area contributed by atoms with Gasteiger partial charge in [0.25, 0.3) is 0 Å². The summed E-state index contributed by atoms with van der Waals surface area (Å²) in [5.41, 5.74) is -0.247. The average Bonchev–Trinajstić information content (AvgIpc) is 3.11. The molecule has 2 spiro atoms. The van der Waals surface area contributed by atoms with Crippen LogP contribution < -0.4 is 0 Å². The Bertz CT molecular complexity index is 696. The van der Waals surface area contributed by atoms with E-state index in [1.165, 1.54) is 26.4 Å². The maximum atomic E-state index is 12.8. The number of hydrogen-bond donors (Lipinski definition) is 0. The quantitative estimate of drug-likeness (QED) is 0.628. The highest BCUT2D eigenvalue weighted by Crippen LogP contribution is 2.73. The molecule has 5 nitrogen and oxygen atoms in total. The van der Waals surface area contributed by atoms with Crippen molar-refractivity contribution < 1.29 is 22.1 Å². The first-order valence-corrected chi connectivity index (χ1v) is 11.6. The zero-order chi connectivity index (χ0) is 19.1. The fraction of sp³-hybridized carbons (Fsp3) is 0.952. The molecule has 1 heterocycles. The molecule has 27 heavy (non-hydrogen) atoms. The minimum Gasteiger partial charge on any atom is -0.469 e. The first-order valence-electron chi connectivity index (χ1n) is 10.6. The minimum atomic E-state index is -1.58. The SMILES string of the molecule is COC(=O)[C@]1(C)CCC[C@@]2(C)[C@@H]3CC[C@@H]4C[C@@]3(CC[C@@H]21)C[C@]41COS(=O)O1. The summed E-state index contributed by atoms with van der Waals surface area (Å²) in [5.74, 6) is 1.45. The van der Waals surface area contributed by atoms with Gasteiger partial charge in [-0.05, 0) is 86.9 Å². The van der Waals surface area contributed by atoms with Gasteiger partial charge in [-0.3, -0.25) is 13.2 Å². The van der Waals surface area contributed by atoms with Gasteiger partial charge in [0.15, 0.2) is 0 Å². The molecular weight excluding hydrogens is 364 g/mol. The van der Waals surface area contributed by atoms with Crippen molar-refractivity contribution in [3.05, 3.63) is 0 Å². The van der Waals surface area contributed by atoms with Gasteiger partial charge in [-0.1, -0.05) is 13.3 Å². The molecule has 4 saturated carbocycles. The van der Waals surface area contributed by atoms with E-state index in [9.17, 15) is 9.00 Å². The zero-order valence-corrected chi connectivity index (χ0v) is 17.6. The van der Waals surface area contributed by atoms with E-state index in [1.54, 1.807) is 0 Å². The lowest BCUT2D eigenvalue weighted by Gasteiger charge is -2.63. The molecule has 0 N–H and O–H groups in total. The van der Waals surface area contributed by atoms with Gasteiger partial charge in [-0.2, -0.15) is 4.21 Å². The highest BCUT2D eigenvalue weighted by molar-refractivity contribution is 7.75. The molecule has 0 aromatic rings. The van der Waals surface area contributed by atoms with Crippen LogP contribution in [0.1, 0.15) is 71.6 Å². The summed E-state index contributed by atoms with van der Waals surface area (Å²) >= 11 is -1.58. The highest BCUT2D eigenvalue weighted by atomic mass is 32.2. The Kier molecular flexibility index (Phi) is 3.98. The van der Waals surface area contributed by atoms with Gasteiger partial charge in [-0.15, -0.1) is 0 Å². The number of esters is 1. The number of hydrogen-bond acceptors (Lipinski definition) is 5. The Labute approximate surface area is 164 Å². The third-order valence-electron chi connectivity index (χ3n) is 9.58. The Morgan fingerprint density at radius 3 is 2.63 bits per heavy atom. The number of rotatable bonds is 1. The van der Waals surface area contributed by atoms with Crippen molar-refractivity contribution in [2.75, 3.05) is 13.7 Å². The molecule has 0 aromatic carbocycles. The van der Waals surface area contributed by atoms with Gasteiger partial charge >= 0.3 is 17.3 Å². The summed E-state index contributed by atoms with van der Waals surface area (Å²) in [6.07, 6.45) is 9.98. The molecule has 0 radical (unpaired) electrons. The predicted octanol–water partition coefficient (Wildman–Crippen LogP) is 3.94. The molecule has 1 unspecified atom stereocenters. The van der Waals surface area contributed by atoms with Crippen molar-refractivity contribution in [1.29, 1.82) is 0 Å². The maximum absolute atomic E-state index is 12.8. The molecule has 152 valence electrons. The lowest BCUT2D eigenvalue weighted by Crippen LogP contribution is -2.58. The third-order valence-corrected chi connectivity index (χ3v) is 10.4. The summed E-state index contributed by atoms with van der Waals surface area (Å²) in [5, 5.41) is 0. The van der Waals surface area contributed by atoms with Crippen LogP contribution in [-0.4, -0.2) is 29.5 Å². The zero-order valence-electron chi connectivity index (χ0n) is 16.8. The predicted molar refractivity (Wildman–Crippen MR) is 101 cm³/mol. The maximum Gasteiger partial charge on any atom is 0.311 e. The van der Waals surface area contributed by atoms with Crippen molar-refractivity contribution in [2.45, 2.75) is 77.2 Å². The van der Waals surface area contributed by atoms with Gasteiger partial charge in [-0.25, -0.2) is 0 Å². The third kappa shape index (κ3) is 2.29. The molecule has 1 aliphatic heterocycles. The van der Waals surface area contributed by atoms with E-state index in [-0.39, 0.29) is 27.8 Å². The summed E-state index contributed by atoms with van der Waals surface area (Å²) in [4.78, 5) is 12.8. The molecule has 5 fully saturated rings. The molecule has 4 aliphatic carbocycles. The molecule has 6 heteroatoms. The second-order valence-electron chi connectivity index (χ2n) is 10.5. The molecular formula is C21H32O5S. The lowest BCUT2D eigenvalue weighted by molar-refractivity contribution is -0.184. The van der Waals surface area contributed by atoms with Crippen molar-refractivity contribution in [3.63, 3.8) is 0 Å². The minimum absolute atomic E-state index is 0.0196. The molecule has 0 aromatic heterocycles. The fourth-order valence-electron chi connectivity index (χ4n) is 8.67. The van der Waals surface area contributed by atoms with E-state index in [0.717, 1.165) is 38.5 Å². The topological polar surface area (TPSA) is 61.8 Å². The van der Waals surface area contributed by atoms with Crippen LogP contribution in [0, 0.1) is 34.0 Å². The Morgan fingerprint density at radius 1 is 1.11 bits per heavy atom. The monoisotopic (exact) mass is 396 g/mol. The standard InChI is InChI=1S/C21H32O5S/c1-18-8-4-9-19(2,17(22)24-3)15(18)7-10-20-11-14(5-6-16(18)20)21(12-20)13-25-27(23)26-21/h14-16H,4-13H2,1-3H3/t14-,15+,16+,18-,19-,20+,21+,27?/m1/s1. The lowest BCUT2D eigenvalue weighted by atomic mass is 9.41. The molecule has 2 bridgehead atoms. The van der Waals surface area contributed by atoms with Crippen LogP contribution in [0.15, 0.2) is 0 Å². The van der Waals surface area contributed by atoms with Gasteiger partial charge in [0, 0.05) is 0 Å². The molecule has 8 atom stereocenters. The van der Waals surface area contributed by atoms with E-state index in [2.05, 4.69) is 13.8 Å². The number of fused-ring (bicyclic) bond motifs is 4. The summed E-state index contributed by atoms with van der Waals surface area (Å²) in [6.45, 7) is 5.09. The van der Waals surface area contributed by atoms with Crippen LogP contribution in [0.2, 0.25) is 0 Å². The summed E-state index contributed by atoms with van der Waals surface area (Å²) in [6, 6.07) is 0. The van der Waals surface area contributed by atoms with E-state index < -0.39 is 11.4 Å². The first kappa shape index (κ1) is 18.6. The van der Waals surface area contributed by atoms with Gasteiger partial charge in [0.1, 0.15) is 5.60 Å². The molecule has 5 rings (SSSR count). The van der Waals surface area contributed by atoms with E-state index in [0.29, 0.717) is 24.4 Å². The average molecular weight is 397 g/mol. The van der Waals surface area contributed by atoms with Gasteiger partial charge < -0.3 is 4.74 Å². The second-order valence-corrected chi connectivity index (χ2v) is 11.4. The van der Waals surface area contributed by atoms with Gasteiger partial charge in [0.05, 0.1) is 19.1 Å². The van der Waals surface area contributed by atoms with Crippen LogP contribution in [0.3, 0.4) is 0 Å². The van der Waals surface area contributed by atoms with Crippen LogP contribution in [0.4, 0.5) is 0 Å². The Balaban J connectivity index is 1.51. The van der Waals surface area contributed by atoms with E-state index in [4.69, 9.17) is 13.1 Å². The summed E-state index contributed by atoms with van der Waals surface area (Å²) < 4.78 is 28.4. The summed E-state index contributed by atoms with van der Waals surface area (Å²) in [7, 11) is 1.54. The fourth-order valence-corrected chi connectivity index (χ4v) is 9.53. The largest absolute Gasteiger partial charge is 0.469 e. The van der Waals surface area contributed by atoms with Gasteiger partial charge in [0.2, 0.25) is 0 Å². The van der Waals surface area contributed by atoms with Crippen LogP contribution >= 0.6 is 0 Å². The normalized spacial score (nSPS) is 56.6. The molecule has 5 aliphatic rings. The van der Waals surface area contributed by atoms with Crippen LogP contribution in [0.5, 0.6) is 0 Å². The van der Waals surface area contributed by atoms with Crippen molar-refractivity contribution in [2.24, 2.45) is 34.0 Å². The van der Waals surface area contributed by atoms with Crippen LogP contribution in [0.25, 0.3) is 0 Å². The smallest absolute Gasteiger partial charge is 0.311 e. The van der Waals surface area contributed by atoms with Crippen molar-refractivity contribution in [1.82, 2.24) is 0 Å². The molecule has 1 saturated heterocycles. The Hall–Kier alpha value is -0.460. The second kappa shape index (κ2) is 5.79. The van der Waals surface area contributed by atoms with Crippen LogP contribution in [-0.2, 0) is 29.3 Å². The number of carbonyl (C=O) groups excluding carboxylic acids is 1.